The van der Waals surface area contributed by atoms with E-state index in [4.69, 9.17) is 13.3 Å². The summed E-state index contributed by atoms with van der Waals surface area (Å²) in [5.74, 6) is 0. The second kappa shape index (κ2) is 12.4. The summed E-state index contributed by atoms with van der Waals surface area (Å²) in [4.78, 5) is 0. The molecule has 194 valence electrons. The number of alkyl halides is 6. The maximum atomic E-state index is 11.4. The zero-order valence-electron chi connectivity index (χ0n) is 18.0. The van der Waals surface area contributed by atoms with Crippen molar-refractivity contribution in [1.29, 1.82) is 0 Å². The Hall–Kier alpha value is -1.31. The van der Waals surface area contributed by atoms with Gasteiger partial charge in [-0.25, -0.2) is 21.4 Å². The first-order chi connectivity index (χ1) is 14.9. The van der Waals surface area contributed by atoms with Crippen molar-refractivity contribution in [2.45, 2.75) is 43.4 Å². The predicted octanol–water partition coefficient (Wildman–Crippen LogP) is 3.00. The van der Waals surface area contributed by atoms with Crippen LogP contribution in [0.15, 0.2) is 24.5 Å². The van der Waals surface area contributed by atoms with Crippen LogP contribution in [0.5, 0.6) is 0 Å². The number of aromatic nitrogens is 1. The van der Waals surface area contributed by atoms with Crippen LogP contribution in [-0.2, 0) is 39.9 Å². The third kappa shape index (κ3) is 10.2. The van der Waals surface area contributed by atoms with Crippen LogP contribution in [-0.4, -0.2) is 58.0 Å². The molecule has 1 aromatic heterocycles. The molecule has 0 aliphatic carbocycles. The molecule has 0 aliphatic rings. The summed E-state index contributed by atoms with van der Waals surface area (Å²) in [7, 11) is -10.8. The first kappa shape index (κ1) is 31.7. The number of hydrogen-bond donors (Lipinski definition) is 0. The minimum absolute atomic E-state index is 0.778. The largest absolute Gasteiger partial charge is 0.500 e. The predicted molar refractivity (Wildman–Crippen MR) is 106 cm³/mol. The molecule has 1 heterocycles. The summed E-state index contributed by atoms with van der Waals surface area (Å²) in [5, 5.41) is 0. The second-order valence-electron chi connectivity index (χ2n) is 6.29. The van der Waals surface area contributed by atoms with Crippen LogP contribution in [0.25, 0.3) is 4.13 Å². The Morgan fingerprint density at radius 2 is 1.36 bits per heavy atom. The Bertz CT molecular complexity index is 902. The van der Waals surface area contributed by atoms with Gasteiger partial charge < -0.3 is 17.4 Å². The Morgan fingerprint density at radius 1 is 0.909 bits per heavy atom. The Morgan fingerprint density at radius 3 is 1.73 bits per heavy atom. The van der Waals surface area contributed by atoms with E-state index >= 15 is 0 Å². The molecule has 1 aromatic rings. The molecule has 0 radical (unpaired) electrons. The van der Waals surface area contributed by atoms with Crippen molar-refractivity contribution in [3.05, 3.63) is 34.2 Å². The fourth-order valence-corrected chi connectivity index (χ4v) is 5.70. The van der Waals surface area contributed by atoms with Crippen LogP contribution in [0.1, 0.15) is 18.4 Å². The Balaban J connectivity index is 0.000000633. The summed E-state index contributed by atoms with van der Waals surface area (Å²) in [6.07, 6.45) is 6.40. The molecule has 0 spiro atoms. The lowest BCUT2D eigenvalue weighted by atomic mass is 10.3. The molecule has 0 bridgehead atoms. The molecule has 0 amide bonds. The van der Waals surface area contributed by atoms with E-state index < -0.39 is 39.9 Å². The van der Waals surface area contributed by atoms with Crippen LogP contribution in [0.2, 0.25) is 6.04 Å². The van der Waals surface area contributed by atoms with E-state index in [1.807, 2.05) is 0 Å². The van der Waals surface area contributed by atoms with Gasteiger partial charge in [0.05, 0.1) is 0 Å². The Kier molecular flexibility index (Phi) is 11.9. The molecule has 0 unspecified atom stereocenters. The van der Waals surface area contributed by atoms with Gasteiger partial charge in [-0.2, -0.15) is 26.3 Å². The van der Waals surface area contributed by atoms with Crippen molar-refractivity contribution in [2.24, 2.45) is 0 Å². The maximum Gasteiger partial charge on any atom is 0.500 e. The molecule has 33 heavy (non-hydrogen) atoms. The SMILES string of the molecule is CO[Si](CCCC[n+]1cccc(C)c1)(OC)OC.O=S(=O)([N-]S(=O)(=O)C(F)(F)F)C(F)(F)F. The van der Waals surface area contributed by atoms with Crippen molar-refractivity contribution in [3.63, 3.8) is 0 Å². The third-order valence-corrected chi connectivity index (χ3v) is 9.44. The molecule has 0 aromatic carbocycles. The minimum Gasteiger partial charge on any atom is -0.421 e. The molecule has 9 nitrogen and oxygen atoms in total. The van der Waals surface area contributed by atoms with E-state index in [0.717, 1.165) is 29.6 Å². The van der Waals surface area contributed by atoms with Crippen molar-refractivity contribution in [2.75, 3.05) is 21.3 Å². The summed E-state index contributed by atoms with van der Waals surface area (Å²) in [5.41, 5.74) is -11.1. The summed E-state index contributed by atoms with van der Waals surface area (Å²) in [6, 6.07) is 5.05. The van der Waals surface area contributed by atoms with Crippen LogP contribution in [0.4, 0.5) is 26.3 Å². The summed E-state index contributed by atoms with van der Waals surface area (Å²) >= 11 is 0. The number of pyridine rings is 1. The molecule has 0 atom stereocenters. The van der Waals surface area contributed by atoms with Crippen molar-refractivity contribution < 1.29 is 61.0 Å². The molecule has 1 rings (SSSR count). The molecular formula is C15H24F6N2O7S2Si. The van der Waals surface area contributed by atoms with Gasteiger partial charge in [0.2, 0.25) is 0 Å². The zero-order chi connectivity index (χ0) is 26.1. The molecule has 18 heteroatoms. The third-order valence-electron chi connectivity index (χ3n) is 3.87. The van der Waals surface area contributed by atoms with Gasteiger partial charge in [0.1, 0.15) is 6.54 Å². The number of halogens is 6. The van der Waals surface area contributed by atoms with Gasteiger partial charge in [-0.3, -0.25) is 0 Å². The molecule has 0 fully saturated rings. The zero-order valence-corrected chi connectivity index (χ0v) is 20.6. The molecule has 0 N–H and O–H groups in total. The fourth-order valence-electron chi connectivity index (χ4n) is 2.20. The van der Waals surface area contributed by atoms with Crippen LogP contribution >= 0.6 is 0 Å². The highest BCUT2D eigenvalue weighted by Crippen LogP contribution is 2.36. The van der Waals surface area contributed by atoms with Gasteiger partial charge >= 0.3 is 19.8 Å². The lowest BCUT2D eigenvalue weighted by molar-refractivity contribution is -0.697. The van der Waals surface area contributed by atoms with E-state index in [2.05, 4.69) is 36.0 Å². The van der Waals surface area contributed by atoms with Crippen molar-refractivity contribution in [3.8, 4) is 0 Å². The molecular weight excluding hydrogens is 526 g/mol. The van der Waals surface area contributed by atoms with Crippen LogP contribution in [0, 0.1) is 6.92 Å². The molecule has 0 saturated carbocycles. The van der Waals surface area contributed by atoms with E-state index in [1.165, 1.54) is 5.56 Å². The lowest BCUT2D eigenvalue weighted by Gasteiger charge is -2.23. The van der Waals surface area contributed by atoms with E-state index in [0.29, 0.717) is 0 Å². The highest BCUT2D eigenvalue weighted by Gasteiger charge is 2.47. The first-order valence-corrected chi connectivity index (χ1v) is 13.7. The first-order valence-electron chi connectivity index (χ1n) is 8.84. The average Bonchev–Trinajstić information content (AvgIpc) is 2.67. The van der Waals surface area contributed by atoms with Crippen LogP contribution in [0.3, 0.4) is 0 Å². The smallest absolute Gasteiger partial charge is 0.421 e. The van der Waals surface area contributed by atoms with Gasteiger partial charge in [-0.1, -0.05) is 0 Å². The number of unbranched alkanes of at least 4 members (excludes halogenated alkanes) is 1. The fraction of sp³-hybridized carbons (Fsp3) is 0.667. The monoisotopic (exact) mass is 550 g/mol. The number of nitrogens with zero attached hydrogens (tertiary/aromatic N) is 2. The average molecular weight is 551 g/mol. The highest BCUT2D eigenvalue weighted by molar-refractivity contribution is 8.13. The maximum absolute atomic E-state index is 11.4. The van der Waals surface area contributed by atoms with Crippen molar-refractivity contribution >= 4 is 28.9 Å². The number of sulfonamides is 2. The van der Waals surface area contributed by atoms with Crippen molar-refractivity contribution in [1.82, 2.24) is 0 Å². The minimum atomic E-state index is -6.72. The summed E-state index contributed by atoms with van der Waals surface area (Å²) in [6.45, 7) is 3.12. The van der Waals surface area contributed by atoms with E-state index in [9.17, 15) is 43.2 Å². The Labute approximate surface area is 189 Å². The number of rotatable bonds is 10. The topological polar surface area (TPSA) is 114 Å². The van der Waals surface area contributed by atoms with Gasteiger partial charge in [0.15, 0.2) is 32.4 Å². The van der Waals surface area contributed by atoms with Gasteiger partial charge in [-0.05, 0) is 19.4 Å². The number of aryl methyl sites for hydroxylation is 2. The second-order valence-corrected chi connectivity index (χ2v) is 12.8. The standard InChI is InChI=1S/C13H24NO3Si.C2F6NO4S2/c1-13-8-7-10-14(12-13)9-5-6-11-18(15-2,16-3)17-4;3-1(4,5)14(10,11)9-15(12,13)2(6,7)8/h7-8,10,12H,5-6,9,11H2,1-4H3;/q+1;-1. The highest BCUT2D eigenvalue weighted by atomic mass is 32.3. The van der Waals surface area contributed by atoms with E-state index in [1.54, 1.807) is 21.3 Å². The number of hydrogen-bond acceptors (Lipinski definition) is 7. The molecule has 0 saturated heterocycles. The quantitative estimate of drug-likeness (QED) is 0.190. The van der Waals surface area contributed by atoms with E-state index in [-0.39, 0.29) is 0 Å². The van der Waals surface area contributed by atoms with Gasteiger partial charge in [-0.15, -0.1) is 0 Å². The lowest BCUT2D eigenvalue weighted by Crippen LogP contribution is -2.42. The molecule has 0 aliphatic heterocycles. The van der Waals surface area contributed by atoms with Gasteiger partial charge in [0, 0.05) is 45.4 Å². The van der Waals surface area contributed by atoms with Crippen LogP contribution < -0.4 is 4.57 Å². The normalized spacial score (nSPS) is 13.4. The van der Waals surface area contributed by atoms with Gasteiger partial charge in [0.25, 0.3) is 0 Å². The summed E-state index contributed by atoms with van der Waals surface area (Å²) < 4.78 is 128.